The van der Waals surface area contributed by atoms with Gasteiger partial charge in [-0.05, 0) is 98.4 Å². The number of methoxy groups -OCH3 is 1. The van der Waals surface area contributed by atoms with Gasteiger partial charge in [0.15, 0.2) is 0 Å². The molecular formula is C28H37NO5. The van der Waals surface area contributed by atoms with Crippen molar-refractivity contribution in [2.24, 2.45) is 0 Å². The Morgan fingerprint density at radius 3 is 2.44 bits per heavy atom. The maximum Gasteiger partial charge on any atom is 0.329 e. The smallest absolute Gasteiger partial charge is 0.329 e. The molecule has 2 aromatic rings. The summed E-state index contributed by atoms with van der Waals surface area (Å²) in [4.78, 5) is 12.2. The van der Waals surface area contributed by atoms with Crippen LogP contribution in [0.3, 0.4) is 0 Å². The van der Waals surface area contributed by atoms with Crippen LogP contribution in [0.15, 0.2) is 30.3 Å². The molecule has 6 heteroatoms. The second-order valence-electron chi connectivity index (χ2n) is 9.95. The average Bonchev–Trinajstić information content (AvgIpc) is 3.35. The van der Waals surface area contributed by atoms with E-state index in [2.05, 4.69) is 31.3 Å². The molecule has 0 amide bonds. The van der Waals surface area contributed by atoms with Crippen LogP contribution in [-0.2, 0) is 16.1 Å². The van der Waals surface area contributed by atoms with E-state index < -0.39 is 17.6 Å². The minimum atomic E-state index is -1.06. The van der Waals surface area contributed by atoms with Gasteiger partial charge in [0.25, 0.3) is 0 Å². The molecule has 0 heterocycles. The second kappa shape index (κ2) is 10.4. The molecule has 0 unspecified atom stereocenters. The third-order valence-electron chi connectivity index (χ3n) is 7.63. The van der Waals surface area contributed by atoms with Crippen LogP contribution in [0.25, 0.3) is 11.1 Å². The van der Waals surface area contributed by atoms with Crippen molar-refractivity contribution in [2.45, 2.75) is 89.6 Å². The van der Waals surface area contributed by atoms with E-state index in [1.807, 2.05) is 18.2 Å². The van der Waals surface area contributed by atoms with Gasteiger partial charge in [0, 0.05) is 5.69 Å². The summed E-state index contributed by atoms with van der Waals surface area (Å²) in [6.45, 7) is 4.62. The topological polar surface area (TPSA) is 88.0 Å². The number of rotatable bonds is 8. The van der Waals surface area contributed by atoms with Crippen molar-refractivity contribution < 1.29 is 24.5 Å². The lowest BCUT2D eigenvalue weighted by Gasteiger charge is -2.37. The van der Waals surface area contributed by atoms with Crippen molar-refractivity contribution in [3.8, 4) is 16.9 Å². The van der Waals surface area contributed by atoms with E-state index in [1.165, 1.54) is 12.8 Å². The second-order valence-corrected chi connectivity index (χ2v) is 9.95. The number of ether oxygens (including phenoxy) is 2. The van der Waals surface area contributed by atoms with Crippen molar-refractivity contribution in [3.05, 3.63) is 47.0 Å². The Morgan fingerprint density at radius 1 is 1.09 bits per heavy atom. The van der Waals surface area contributed by atoms with Gasteiger partial charge in [0.1, 0.15) is 11.3 Å². The lowest BCUT2D eigenvalue weighted by molar-refractivity contribution is -0.144. The molecule has 0 atom stereocenters. The molecule has 6 nitrogen and oxygen atoms in total. The number of carbonyl (C=O) groups is 1. The molecule has 0 radical (unpaired) electrons. The van der Waals surface area contributed by atoms with Gasteiger partial charge in [0.05, 0.1) is 25.9 Å². The molecule has 3 N–H and O–H groups in total. The van der Waals surface area contributed by atoms with Gasteiger partial charge >= 0.3 is 5.97 Å². The highest BCUT2D eigenvalue weighted by molar-refractivity contribution is 5.83. The summed E-state index contributed by atoms with van der Waals surface area (Å²) in [7, 11) is 1.69. The highest BCUT2D eigenvalue weighted by Crippen LogP contribution is 2.37. The van der Waals surface area contributed by atoms with Crippen LogP contribution in [0.2, 0.25) is 0 Å². The number of aliphatic carboxylic acids is 1. The molecule has 2 fully saturated rings. The zero-order chi connectivity index (χ0) is 24.3. The van der Waals surface area contributed by atoms with Gasteiger partial charge < -0.3 is 25.0 Å². The number of anilines is 1. The van der Waals surface area contributed by atoms with Crippen molar-refractivity contribution in [3.63, 3.8) is 0 Å². The quantitative estimate of drug-likeness (QED) is 0.468. The van der Waals surface area contributed by atoms with E-state index in [0.29, 0.717) is 32.3 Å². The number of hydrogen-bond donors (Lipinski definition) is 3. The number of benzene rings is 2. The fraction of sp³-hybridized carbons (Fsp3) is 0.536. The maximum atomic E-state index is 12.2. The fourth-order valence-corrected chi connectivity index (χ4v) is 5.29. The molecule has 0 bridgehead atoms. The van der Waals surface area contributed by atoms with Gasteiger partial charge in [-0.3, -0.25) is 0 Å². The average molecular weight is 468 g/mol. The predicted octanol–water partition coefficient (Wildman–Crippen LogP) is 5.61. The van der Waals surface area contributed by atoms with Crippen molar-refractivity contribution in [1.29, 1.82) is 0 Å². The van der Waals surface area contributed by atoms with E-state index in [0.717, 1.165) is 52.1 Å². The summed E-state index contributed by atoms with van der Waals surface area (Å²) in [6, 6.07) is 10.3. The molecule has 2 saturated carbocycles. The zero-order valence-corrected chi connectivity index (χ0v) is 20.5. The molecule has 2 aromatic carbocycles. The highest BCUT2D eigenvalue weighted by atomic mass is 16.5. The molecule has 184 valence electrons. The SMILES string of the molecule is COc1cc(-c2ccc(NC3(C(=O)O)CCC(O)CC3)cc2COC2CCCC2)cc(C)c1C. The largest absolute Gasteiger partial charge is 0.496 e. The van der Waals surface area contributed by atoms with Crippen LogP contribution in [0.4, 0.5) is 5.69 Å². The summed E-state index contributed by atoms with van der Waals surface area (Å²) in [5.41, 5.74) is 5.13. The van der Waals surface area contributed by atoms with E-state index >= 15 is 0 Å². The van der Waals surface area contributed by atoms with Crippen LogP contribution in [0.5, 0.6) is 5.75 Å². The summed E-state index contributed by atoms with van der Waals surface area (Å²) in [6.07, 6.45) is 6.22. The molecule has 2 aliphatic carbocycles. The van der Waals surface area contributed by atoms with Crippen LogP contribution in [0.1, 0.15) is 68.1 Å². The predicted molar refractivity (Wildman–Crippen MR) is 133 cm³/mol. The Balaban J connectivity index is 1.68. The van der Waals surface area contributed by atoms with Gasteiger partial charge in [-0.1, -0.05) is 25.0 Å². The van der Waals surface area contributed by atoms with E-state index in [9.17, 15) is 15.0 Å². The number of nitrogens with one attached hydrogen (secondary N) is 1. The first kappa shape index (κ1) is 24.6. The Kier molecular flexibility index (Phi) is 7.48. The minimum absolute atomic E-state index is 0.281. The Bertz CT molecular complexity index is 1020. The molecule has 34 heavy (non-hydrogen) atoms. The van der Waals surface area contributed by atoms with E-state index in [-0.39, 0.29) is 6.10 Å². The number of carboxylic acids is 1. The number of aryl methyl sites for hydroxylation is 1. The normalized spacial score (nSPS) is 23.1. The minimum Gasteiger partial charge on any atom is -0.496 e. The molecule has 0 aromatic heterocycles. The Labute approximate surface area is 202 Å². The lowest BCUT2D eigenvalue weighted by Crippen LogP contribution is -2.49. The van der Waals surface area contributed by atoms with Crippen molar-refractivity contribution in [2.75, 3.05) is 12.4 Å². The van der Waals surface area contributed by atoms with Crippen LogP contribution >= 0.6 is 0 Å². The molecule has 0 spiro atoms. The molecule has 0 aliphatic heterocycles. The summed E-state index contributed by atoms with van der Waals surface area (Å²) >= 11 is 0. The third-order valence-corrected chi connectivity index (χ3v) is 7.63. The van der Waals surface area contributed by atoms with E-state index in [1.54, 1.807) is 7.11 Å². The summed E-state index contributed by atoms with van der Waals surface area (Å²) in [5, 5.41) is 23.2. The Morgan fingerprint density at radius 2 is 1.79 bits per heavy atom. The van der Waals surface area contributed by atoms with Crippen LogP contribution in [0, 0.1) is 13.8 Å². The lowest BCUT2D eigenvalue weighted by atomic mass is 9.80. The van der Waals surface area contributed by atoms with Gasteiger partial charge in [0.2, 0.25) is 0 Å². The number of hydrogen-bond acceptors (Lipinski definition) is 5. The molecule has 0 saturated heterocycles. The Hall–Kier alpha value is -2.57. The maximum absolute atomic E-state index is 12.2. The van der Waals surface area contributed by atoms with Gasteiger partial charge in [-0.15, -0.1) is 0 Å². The first-order chi connectivity index (χ1) is 16.3. The zero-order valence-electron chi connectivity index (χ0n) is 20.5. The highest BCUT2D eigenvalue weighted by Gasteiger charge is 2.41. The van der Waals surface area contributed by atoms with Gasteiger partial charge in [-0.2, -0.15) is 0 Å². The fourth-order valence-electron chi connectivity index (χ4n) is 5.29. The standard InChI is InChI=1S/C28H37NO5/c1-18-14-20(16-26(33-3)19(18)2)25-9-8-22(15-21(25)17-34-24-6-4-5-7-24)29-28(27(31)32)12-10-23(30)11-13-28/h8-9,14-16,23-24,29-30H,4-7,10-13,17H2,1-3H3,(H,31,32). The third kappa shape index (κ3) is 5.23. The molecule has 2 aliphatic rings. The number of aliphatic hydroxyl groups is 1. The summed E-state index contributed by atoms with van der Waals surface area (Å²) < 4.78 is 11.9. The van der Waals surface area contributed by atoms with Crippen molar-refractivity contribution in [1.82, 2.24) is 0 Å². The molecular weight excluding hydrogens is 430 g/mol. The van der Waals surface area contributed by atoms with Crippen LogP contribution < -0.4 is 10.1 Å². The first-order valence-corrected chi connectivity index (χ1v) is 12.4. The molecule has 4 rings (SSSR count). The van der Waals surface area contributed by atoms with Crippen LogP contribution in [-0.4, -0.2) is 41.0 Å². The van der Waals surface area contributed by atoms with Crippen molar-refractivity contribution >= 4 is 11.7 Å². The van der Waals surface area contributed by atoms with Gasteiger partial charge in [-0.25, -0.2) is 4.79 Å². The number of aliphatic hydroxyl groups excluding tert-OH is 1. The summed E-state index contributed by atoms with van der Waals surface area (Å²) in [5.74, 6) is -0.0171. The monoisotopic (exact) mass is 467 g/mol. The first-order valence-electron chi connectivity index (χ1n) is 12.4. The number of carboxylic acid groups (broad SMARTS) is 1. The van der Waals surface area contributed by atoms with E-state index in [4.69, 9.17) is 9.47 Å².